The number of carbonyl (C=O) groups is 1. The van der Waals surface area contributed by atoms with Gasteiger partial charge in [-0.1, -0.05) is 45.2 Å². The van der Waals surface area contributed by atoms with E-state index < -0.39 is 0 Å². The van der Waals surface area contributed by atoms with Gasteiger partial charge < -0.3 is 9.47 Å². The number of unbranched alkanes of at least 4 members (excludes halogenated alkanes) is 3. The fourth-order valence-electron chi connectivity index (χ4n) is 2.55. The van der Waals surface area contributed by atoms with Crippen molar-refractivity contribution in [2.75, 3.05) is 6.61 Å². The van der Waals surface area contributed by atoms with Crippen molar-refractivity contribution in [3.63, 3.8) is 0 Å². The summed E-state index contributed by atoms with van der Waals surface area (Å²) in [6.45, 7) is 4.95. The number of ether oxygens (including phenoxy) is 2. The maximum atomic E-state index is 12.2. The summed E-state index contributed by atoms with van der Waals surface area (Å²) < 4.78 is 11.0. The normalized spacial score (nSPS) is 10.5. The van der Waals surface area contributed by atoms with Crippen molar-refractivity contribution >= 4 is 5.97 Å². The summed E-state index contributed by atoms with van der Waals surface area (Å²) in [5.74, 6) is 0.997. The zero-order valence-corrected chi connectivity index (χ0v) is 15.3. The molecule has 134 valence electrons. The lowest BCUT2D eigenvalue weighted by atomic mass is 10.1. The average Bonchev–Trinajstić information content (AvgIpc) is 2.65. The number of rotatable bonds is 10. The quantitative estimate of drug-likeness (QED) is 0.311. The van der Waals surface area contributed by atoms with Crippen LogP contribution < -0.4 is 9.47 Å². The topological polar surface area (TPSA) is 35.5 Å². The van der Waals surface area contributed by atoms with Gasteiger partial charge in [0.25, 0.3) is 0 Å². The van der Waals surface area contributed by atoms with E-state index in [1.54, 1.807) is 24.3 Å². The molecular weight excluding hydrogens is 312 g/mol. The van der Waals surface area contributed by atoms with E-state index in [1.165, 1.54) is 31.2 Å². The highest BCUT2D eigenvalue weighted by Crippen LogP contribution is 2.18. The van der Waals surface area contributed by atoms with Gasteiger partial charge in [-0.25, -0.2) is 4.79 Å². The Kier molecular flexibility index (Phi) is 8.03. The third-order valence-electron chi connectivity index (χ3n) is 4.02. The van der Waals surface area contributed by atoms with Gasteiger partial charge >= 0.3 is 5.97 Å². The number of esters is 1. The zero-order valence-electron chi connectivity index (χ0n) is 15.3. The maximum absolute atomic E-state index is 12.2. The van der Waals surface area contributed by atoms with Crippen LogP contribution in [0.1, 0.15) is 61.9 Å². The molecule has 0 aliphatic rings. The Morgan fingerprint density at radius 1 is 0.800 bits per heavy atom. The standard InChI is InChI=1S/C22H28O3/c1-3-5-6-7-8-18-9-13-21(14-10-18)25-22(23)19-11-15-20(16-12-19)24-17-4-2/h9-16H,3-8,17H2,1-2H3. The molecule has 0 spiro atoms. The summed E-state index contributed by atoms with van der Waals surface area (Å²) in [5, 5.41) is 0. The van der Waals surface area contributed by atoms with E-state index in [4.69, 9.17) is 9.47 Å². The van der Waals surface area contributed by atoms with Crippen LogP contribution in [0.15, 0.2) is 48.5 Å². The Morgan fingerprint density at radius 2 is 1.48 bits per heavy atom. The number of hydrogen-bond acceptors (Lipinski definition) is 3. The molecule has 0 unspecified atom stereocenters. The van der Waals surface area contributed by atoms with Crippen LogP contribution in [0.5, 0.6) is 11.5 Å². The first-order valence-electron chi connectivity index (χ1n) is 9.27. The molecule has 0 saturated heterocycles. The molecule has 0 aliphatic carbocycles. The Hall–Kier alpha value is -2.29. The highest BCUT2D eigenvalue weighted by molar-refractivity contribution is 5.91. The van der Waals surface area contributed by atoms with Crippen LogP contribution in [0.3, 0.4) is 0 Å². The van der Waals surface area contributed by atoms with E-state index in [0.29, 0.717) is 17.9 Å². The molecule has 2 aromatic rings. The minimum atomic E-state index is -0.349. The predicted molar refractivity (Wildman–Crippen MR) is 101 cm³/mol. The minimum absolute atomic E-state index is 0.349. The number of carbonyl (C=O) groups excluding carboxylic acids is 1. The highest BCUT2D eigenvalue weighted by atomic mass is 16.5. The molecular formula is C22H28O3. The maximum Gasteiger partial charge on any atom is 0.343 e. The van der Waals surface area contributed by atoms with Gasteiger partial charge in [0.15, 0.2) is 0 Å². The van der Waals surface area contributed by atoms with Crippen molar-refractivity contribution in [3.05, 3.63) is 59.7 Å². The first kappa shape index (κ1) is 19.0. The van der Waals surface area contributed by atoms with Gasteiger partial charge in [-0.2, -0.15) is 0 Å². The van der Waals surface area contributed by atoms with E-state index in [0.717, 1.165) is 18.6 Å². The third kappa shape index (κ3) is 6.61. The lowest BCUT2D eigenvalue weighted by Gasteiger charge is -2.07. The number of benzene rings is 2. The largest absolute Gasteiger partial charge is 0.494 e. The molecule has 0 fully saturated rings. The second-order valence-corrected chi connectivity index (χ2v) is 6.22. The molecule has 0 aliphatic heterocycles. The van der Waals surface area contributed by atoms with Crippen LogP contribution in [-0.4, -0.2) is 12.6 Å². The summed E-state index contributed by atoms with van der Waals surface area (Å²) in [7, 11) is 0. The molecule has 25 heavy (non-hydrogen) atoms. The fraction of sp³-hybridized carbons (Fsp3) is 0.409. The second-order valence-electron chi connectivity index (χ2n) is 6.22. The molecule has 2 rings (SSSR count). The summed E-state index contributed by atoms with van der Waals surface area (Å²) in [6, 6.07) is 14.9. The molecule has 0 amide bonds. The molecule has 2 aromatic carbocycles. The lowest BCUT2D eigenvalue weighted by Crippen LogP contribution is -2.08. The Balaban J connectivity index is 1.85. The van der Waals surface area contributed by atoms with Crippen LogP contribution >= 0.6 is 0 Å². The molecule has 0 heterocycles. The first-order chi connectivity index (χ1) is 12.2. The van der Waals surface area contributed by atoms with Crippen molar-refractivity contribution in [1.82, 2.24) is 0 Å². The molecule has 3 heteroatoms. The zero-order chi connectivity index (χ0) is 17.9. The summed E-state index contributed by atoms with van der Waals surface area (Å²) >= 11 is 0. The monoisotopic (exact) mass is 340 g/mol. The summed E-state index contributed by atoms with van der Waals surface area (Å²) in [6.07, 6.45) is 7.05. The van der Waals surface area contributed by atoms with Crippen LogP contribution in [-0.2, 0) is 6.42 Å². The third-order valence-corrected chi connectivity index (χ3v) is 4.02. The number of hydrogen-bond donors (Lipinski definition) is 0. The van der Waals surface area contributed by atoms with Crippen LogP contribution in [0.2, 0.25) is 0 Å². The predicted octanol–water partition coefficient (Wildman–Crippen LogP) is 5.82. The fourth-order valence-corrected chi connectivity index (χ4v) is 2.55. The van der Waals surface area contributed by atoms with E-state index in [9.17, 15) is 4.79 Å². The van der Waals surface area contributed by atoms with Crippen molar-refractivity contribution in [3.8, 4) is 11.5 Å². The summed E-state index contributed by atoms with van der Waals surface area (Å²) in [5.41, 5.74) is 1.81. The SMILES string of the molecule is CCCCCCc1ccc(OC(=O)c2ccc(OCCC)cc2)cc1. The van der Waals surface area contributed by atoms with Crippen molar-refractivity contribution in [2.24, 2.45) is 0 Å². The smallest absolute Gasteiger partial charge is 0.343 e. The van der Waals surface area contributed by atoms with Gasteiger partial charge in [-0.05, 0) is 61.2 Å². The van der Waals surface area contributed by atoms with E-state index in [2.05, 4.69) is 13.8 Å². The van der Waals surface area contributed by atoms with Crippen LogP contribution in [0.25, 0.3) is 0 Å². The van der Waals surface area contributed by atoms with Gasteiger partial charge in [-0.3, -0.25) is 0 Å². The molecule has 3 nitrogen and oxygen atoms in total. The lowest BCUT2D eigenvalue weighted by molar-refractivity contribution is 0.0734. The van der Waals surface area contributed by atoms with E-state index in [-0.39, 0.29) is 5.97 Å². The molecule has 0 bridgehead atoms. The number of aryl methyl sites for hydroxylation is 1. The van der Waals surface area contributed by atoms with Gasteiger partial charge in [0.2, 0.25) is 0 Å². The molecule has 0 radical (unpaired) electrons. The first-order valence-corrected chi connectivity index (χ1v) is 9.27. The Morgan fingerprint density at radius 3 is 2.12 bits per heavy atom. The van der Waals surface area contributed by atoms with E-state index >= 15 is 0 Å². The highest BCUT2D eigenvalue weighted by Gasteiger charge is 2.09. The van der Waals surface area contributed by atoms with Gasteiger partial charge in [0.05, 0.1) is 12.2 Å². The van der Waals surface area contributed by atoms with Gasteiger partial charge in [0, 0.05) is 0 Å². The van der Waals surface area contributed by atoms with Crippen LogP contribution in [0.4, 0.5) is 0 Å². The molecule has 0 saturated carbocycles. The minimum Gasteiger partial charge on any atom is -0.494 e. The Labute approximate surface area is 151 Å². The molecule has 0 atom stereocenters. The second kappa shape index (κ2) is 10.5. The average molecular weight is 340 g/mol. The molecule has 0 N–H and O–H groups in total. The van der Waals surface area contributed by atoms with E-state index in [1.807, 2.05) is 24.3 Å². The molecule has 0 aromatic heterocycles. The van der Waals surface area contributed by atoms with Crippen LogP contribution in [0, 0.1) is 0 Å². The van der Waals surface area contributed by atoms with Crippen molar-refractivity contribution in [1.29, 1.82) is 0 Å². The summed E-state index contributed by atoms with van der Waals surface area (Å²) in [4.78, 5) is 12.2. The van der Waals surface area contributed by atoms with Crippen molar-refractivity contribution in [2.45, 2.75) is 52.4 Å². The van der Waals surface area contributed by atoms with Gasteiger partial charge in [0.1, 0.15) is 11.5 Å². The van der Waals surface area contributed by atoms with Gasteiger partial charge in [-0.15, -0.1) is 0 Å². The van der Waals surface area contributed by atoms with Crippen molar-refractivity contribution < 1.29 is 14.3 Å². The Bertz CT molecular complexity index is 629.